The summed E-state index contributed by atoms with van der Waals surface area (Å²) in [5, 5.41) is 4.83. The van der Waals surface area contributed by atoms with E-state index < -0.39 is 10.0 Å². The highest BCUT2D eigenvalue weighted by Crippen LogP contribution is 2.25. The van der Waals surface area contributed by atoms with Crippen molar-refractivity contribution < 1.29 is 13.2 Å². The number of sulfonamides is 1. The molecule has 0 spiro atoms. The molecule has 1 amide bonds. The van der Waals surface area contributed by atoms with Crippen molar-refractivity contribution in [1.29, 1.82) is 0 Å². The van der Waals surface area contributed by atoms with Crippen LogP contribution in [0, 0.1) is 6.92 Å². The minimum Gasteiger partial charge on any atom is -0.326 e. The third kappa shape index (κ3) is 3.85. The summed E-state index contributed by atoms with van der Waals surface area (Å²) in [5.74, 6) is -0.0196. The maximum absolute atomic E-state index is 12.5. The van der Waals surface area contributed by atoms with Gasteiger partial charge >= 0.3 is 0 Å². The number of amides is 1. The van der Waals surface area contributed by atoms with Crippen LogP contribution in [0.25, 0.3) is 0 Å². The summed E-state index contributed by atoms with van der Waals surface area (Å²) >= 11 is 1.64. The number of nitrogens with one attached hydrogen (secondary N) is 2. The Hall–Kier alpha value is -1.70. The summed E-state index contributed by atoms with van der Waals surface area (Å²) in [4.78, 5) is 13.0. The predicted molar refractivity (Wildman–Crippen MR) is 96.0 cm³/mol. The number of hydrogen-bond donors (Lipinski definition) is 2. The minimum absolute atomic E-state index is 0.0196. The van der Waals surface area contributed by atoms with E-state index in [4.69, 9.17) is 0 Å². The van der Waals surface area contributed by atoms with Gasteiger partial charge in [0.1, 0.15) is 0 Å². The van der Waals surface area contributed by atoms with Crippen molar-refractivity contribution in [3.63, 3.8) is 0 Å². The Bertz CT molecular complexity index is 856. The Kier molecular flexibility index (Phi) is 5.03. The van der Waals surface area contributed by atoms with E-state index in [0.29, 0.717) is 31.5 Å². The van der Waals surface area contributed by atoms with E-state index >= 15 is 0 Å². The zero-order valence-corrected chi connectivity index (χ0v) is 15.1. The van der Waals surface area contributed by atoms with Gasteiger partial charge in [-0.25, -0.2) is 13.1 Å². The van der Waals surface area contributed by atoms with Gasteiger partial charge in [-0.3, -0.25) is 4.79 Å². The molecule has 0 fully saturated rings. The summed E-state index contributed by atoms with van der Waals surface area (Å²) in [7, 11) is -3.54. The molecular weight excluding hydrogens is 344 g/mol. The van der Waals surface area contributed by atoms with Crippen molar-refractivity contribution in [2.45, 2.75) is 37.5 Å². The highest BCUT2D eigenvalue weighted by Gasteiger charge is 2.18. The van der Waals surface area contributed by atoms with E-state index in [1.54, 1.807) is 29.5 Å². The zero-order chi connectivity index (χ0) is 17.2. The van der Waals surface area contributed by atoms with Gasteiger partial charge in [0.25, 0.3) is 0 Å². The first kappa shape index (κ1) is 17.1. The molecule has 0 saturated carbocycles. The predicted octanol–water partition coefficient (Wildman–Crippen LogP) is 2.85. The second-order valence-corrected chi connectivity index (χ2v) is 8.66. The van der Waals surface area contributed by atoms with Gasteiger partial charge in [0.05, 0.1) is 4.90 Å². The lowest BCUT2D eigenvalue weighted by atomic mass is 10.1. The van der Waals surface area contributed by atoms with Gasteiger partial charge in [0.2, 0.25) is 15.9 Å². The fourth-order valence-electron chi connectivity index (χ4n) is 2.76. The molecule has 2 N–H and O–H groups in total. The van der Waals surface area contributed by atoms with Crippen molar-refractivity contribution in [3.8, 4) is 0 Å². The van der Waals surface area contributed by atoms with Crippen molar-refractivity contribution in [3.05, 3.63) is 45.6 Å². The van der Waals surface area contributed by atoms with Gasteiger partial charge in [-0.15, -0.1) is 11.3 Å². The topological polar surface area (TPSA) is 75.3 Å². The van der Waals surface area contributed by atoms with Crippen molar-refractivity contribution >= 4 is 33.0 Å². The van der Waals surface area contributed by atoms with Gasteiger partial charge in [-0.1, -0.05) is 0 Å². The molecule has 3 rings (SSSR count). The first-order valence-corrected chi connectivity index (χ1v) is 10.3. The number of carbonyl (C=O) groups excluding carboxylic acids is 1. The van der Waals surface area contributed by atoms with E-state index in [0.717, 1.165) is 12.0 Å². The number of benzene rings is 1. The Morgan fingerprint density at radius 3 is 2.83 bits per heavy atom. The van der Waals surface area contributed by atoms with Crippen LogP contribution in [0.1, 0.15) is 28.8 Å². The summed E-state index contributed by atoms with van der Waals surface area (Å²) in [5.41, 5.74) is 2.78. The van der Waals surface area contributed by atoms with E-state index in [2.05, 4.69) is 10.0 Å². The lowest BCUT2D eigenvalue weighted by Gasteiger charge is -2.11. The van der Waals surface area contributed by atoms with Crippen LogP contribution in [-0.4, -0.2) is 20.9 Å². The van der Waals surface area contributed by atoms with Crippen LogP contribution < -0.4 is 10.0 Å². The lowest BCUT2D eigenvalue weighted by molar-refractivity contribution is -0.116. The highest BCUT2D eigenvalue weighted by molar-refractivity contribution is 7.89. The third-order valence-corrected chi connectivity index (χ3v) is 6.66. The molecule has 0 unspecified atom stereocenters. The Morgan fingerprint density at radius 2 is 2.08 bits per heavy atom. The van der Waals surface area contributed by atoms with Crippen LogP contribution in [-0.2, 0) is 27.7 Å². The molecule has 2 aromatic rings. The van der Waals surface area contributed by atoms with E-state index in [1.807, 2.05) is 18.4 Å². The monoisotopic (exact) mass is 364 g/mol. The van der Waals surface area contributed by atoms with E-state index in [1.165, 1.54) is 10.4 Å². The molecule has 7 heteroatoms. The molecule has 0 atom stereocenters. The number of carbonyl (C=O) groups is 1. The van der Waals surface area contributed by atoms with Crippen LogP contribution in [0.4, 0.5) is 5.69 Å². The smallest absolute Gasteiger partial charge is 0.240 e. The van der Waals surface area contributed by atoms with Crippen molar-refractivity contribution in [2.24, 2.45) is 0 Å². The number of fused-ring (bicyclic) bond motifs is 1. The standard InChI is InChI=1S/C17H20N2O3S2/c1-12-8-10-23-16(12)7-9-18-24(21,22)14-5-6-15-13(11-14)3-2-4-17(20)19-15/h5-6,8,10-11,18H,2-4,7,9H2,1H3,(H,19,20). The zero-order valence-electron chi connectivity index (χ0n) is 13.5. The maximum Gasteiger partial charge on any atom is 0.240 e. The molecule has 1 aliphatic rings. The Labute approximate surface area is 146 Å². The van der Waals surface area contributed by atoms with Crippen LogP contribution in [0.2, 0.25) is 0 Å². The second-order valence-electron chi connectivity index (χ2n) is 5.90. The van der Waals surface area contributed by atoms with Gasteiger partial charge in [0.15, 0.2) is 0 Å². The first-order chi connectivity index (χ1) is 11.5. The molecule has 1 aliphatic heterocycles. The summed E-state index contributed by atoms with van der Waals surface area (Å²) in [6.07, 6.45) is 2.58. The van der Waals surface area contributed by atoms with Crippen molar-refractivity contribution in [2.75, 3.05) is 11.9 Å². The molecule has 1 aromatic heterocycles. The van der Waals surface area contributed by atoms with Gasteiger partial charge in [-0.05, 0) is 67.0 Å². The first-order valence-electron chi connectivity index (χ1n) is 7.91. The summed E-state index contributed by atoms with van der Waals surface area (Å²) in [6, 6.07) is 6.93. The fourth-order valence-corrected chi connectivity index (χ4v) is 4.75. The maximum atomic E-state index is 12.5. The van der Waals surface area contributed by atoms with Crippen LogP contribution in [0.15, 0.2) is 34.5 Å². The van der Waals surface area contributed by atoms with Crippen molar-refractivity contribution in [1.82, 2.24) is 4.72 Å². The quantitative estimate of drug-likeness (QED) is 0.857. The number of aryl methyl sites for hydroxylation is 2. The molecule has 0 bridgehead atoms. The molecule has 0 saturated heterocycles. The van der Waals surface area contributed by atoms with Gasteiger partial charge < -0.3 is 5.32 Å². The molecular formula is C17H20N2O3S2. The molecule has 5 nitrogen and oxygen atoms in total. The molecule has 24 heavy (non-hydrogen) atoms. The minimum atomic E-state index is -3.54. The average molecular weight is 364 g/mol. The van der Waals surface area contributed by atoms with Gasteiger partial charge in [0, 0.05) is 23.5 Å². The van der Waals surface area contributed by atoms with Gasteiger partial charge in [-0.2, -0.15) is 0 Å². The Morgan fingerprint density at radius 1 is 1.25 bits per heavy atom. The average Bonchev–Trinajstić information content (AvgIpc) is 2.84. The molecule has 128 valence electrons. The number of rotatable bonds is 5. The Balaban J connectivity index is 1.71. The SMILES string of the molecule is Cc1ccsc1CCNS(=O)(=O)c1ccc2c(c1)CCCC(=O)N2. The molecule has 1 aromatic carbocycles. The molecule has 2 heterocycles. The van der Waals surface area contributed by atoms with Crippen LogP contribution in [0.3, 0.4) is 0 Å². The van der Waals surface area contributed by atoms with Crippen LogP contribution in [0.5, 0.6) is 0 Å². The number of hydrogen-bond acceptors (Lipinski definition) is 4. The molecule has 0 radical (unpaired) electrons. The normalized spacial score (nSPS) is 14.8. The lowest BCUT2D eigenvalue weighted by Crippen LogP contribution is -2.26. The fraction of sp³-hybridized carbons (Fsp3) is 0.353. The largest absolute Gasteiger partial charge is 0.326 e. The second kappa shape index (κ2) is 7.04. The van der Waals surface area contributed by atoms with E-state index in [9.17, 15) is 13.2 Å². The molecule has 0 aliphatic carbocycles. The number of anilines is 1. The highest BCUT2D eigenvalue weighted by atomic mass is 32.2. The summed E-state index contributed by atoms with van der Waals surface area (Å²) in [6.45, 7) is 2.40. The third-order valence-electron chi connectivity index (χ3n) is 4.12. The van der Waals surface area contributed by atoms with E-state index in [-0.39, 0.29) is 10.8 Å². The van der Waals surface area contributed by atoms with Crippen LogP contribution >= 0.6 is 11.3 Å². The number of thiophene rings is 1. The summed E-state index contributed by atoms with van der Waals surface area (Å²) < 4.78 is 27.6.